The van der Waals surface area contributed by atoms with E-state index in [1.54, 1.807) is 35.7 Å². The Labute approximate surface area is 118 Å². The van der Waals surface area contributed by atoms with E-state index < -0.39 is 10.0 Å². The third-order valence-corrected chi connectivity index (χ3v) is 5.63. The Morgan fingerprint density at radius 2 is 2.11 bits per heavy atom. The molecule has 0 unspecified atom stereocenters. The van der Waals surface area contributed by atoms with E-state index in [4.69, 9.17) is 4.74 Å². The maximum absolute atomic E-state index is 12.1. The lowest BCUT2D eigenvalue weighted by molar-refractivity contribution is 0.415. The van der Waals surface area contributed by atoms with Crippen molar-refractivity contribution in [3.8, 4) is 5.75 Å². The van der Waals surface area contributed by atoms with Crippen LogP contribution in [0.1, 0.15) is 0 Å². The van der Waals surface area contributed by atoms with Crippen molar-refractivity contribution < 1.29 is 13.2 Å². The fraction of sp³-hybridized carbons (Fsp3) is 0.0909. The fourth-order valence-corrected chi connectivity index (χ4v) is 3.86. The number of benzene rings is 1. The smallest absolute Gasteiger partial charge is 0.271 e. The van der Waals surface area contributed by atoms with Crippen LogP contribution in [0.25, 0.3) is 0 Å². The van der Waals surface area contributed by atoms with Gasteiger partial charge >= 0.3 is 0 Å². The second kappa shape index (κ2) is 5.29. The molecule has 1 N–H and O–H groups in total. The number of hydrogen-bond acceptors (Lipinski definition) is 4. The van der Waals surface area contributed by atoms with E-state index in [0.29, 0.717) is 15.9 Å². The average Bonchev–Trinajstić information content (AvgIpc) is 2.86. The molecule has 0 saturated carbocycles. The summed E-state index contributed by atoms with van der Waals surface area (Å²) in [5.41, 5.74) is 0.447. The van der Waals surface area contributed by atoms with Gasteiger partial charge < -0.3 is 4.74 Å². The Kier molecular flexibility index (Phi) is 3.94. The van der Waals surface area contributed by atoms with Gasteiger partial charge in [0, 0.05) is 10.5 Å². The molecule has 0 bridgehead atoms. The third kappa shape index (κ3) is 2.85. The summed E-state index contributed by atoms with van der Waals surface area (Å²) in [6.07, 6.45) is 0. The number of thiophene rings is 1. The number of ether oxygens (including phenoxy) is 1. The minimum absolute atomic E-state index is 0.275. The lowest BCUT2D eigenvalue weighted by Gasteiger charge is -2.09. The first-order chi connectivity index (χ1) is 8.53. The molecule has 1 heterocycles. The van der Waals surface area contributed by atoms with Gasteiger partial charge in [-0.1, -0.05) is 6.07 Å². The minimum atomic E-state index is -3.53. The molecule has 7 heteroatoms. The van der Waals surface area contributed by atoms with Gasteiger partial charge in [-0.3, -0.25) is 4.72 Å². The van der Waals surface area contributed by atoms with Crippen LogP contribution in [0.15, 0.2) is 44.4 Å². The summed E-state index contributed by atoms with van der Waals surface area (Å²) in [5.74, 6) is 0.585. The maximum atomic E-state index is 12.1. The molecule has 0 aliphatic heterocycles. The van der Waals surface area contributed by atoms with Crippen molar-refractivity contribution >= 4 is 43.0 Å². The largest absolute Gasteiger partial charge is 0.497 e. The van der Waals surface area contributed by atoms with Crippen LogP contribution in [-0.2, 0) is 10.0 Å². The van der Waals surface area contributed by atoms with E-state index >= 15 is 0 Å². The zero-order chi connectivity index (χ0) is 13.2. The van der Waals surface area contributed by atoms with E-state index in [9.17, 15) is 8.42 Å². The highest BCUT2D eigenvalue weighted by molar-refractivity contribution is 9.10. The molecular formula is C11H10BrNO3S2. The normalized spacial score (nSPS) is 11.2. The molecule has 0 fully saturated rings. The van der Waals surface area contributed by atoms with E-state index in [0.717, 1.165) is 0 Å². The number of hydrogen-bond donors (Lipinski definition) is 1. The van der Waals surface area contributed by atoms with E-state index in [1.807, 2.05) is 0 Å². The SMILES string of the molecule is COc1ccc(Br)c(NS(=O)(=O)c2cccs2)c1. The third-order valence-electron chi connectivity index (χ3n) is 2.18. The highest BCUT2D eigenvalue weighted by atomic mass is 79.9. The van der Waals surface area contributed by atoms with Crippen molar-refractivity contribution in [2.45, 2.75) is 4.21 Å². The molecule has 18 heavy (non-hydrogen) atoms. The lowest BCUT2D eigenvalue weighted by atomic mass is 10.3. The zero-order valence-electron chi connectivity index (χ0n) is 9.38. The van der Waals surface area contributed by atoms with Crippen LogP contribution in [0.4, 0.5) is 5.69 Å². The molecule has 0 saturated heterocycles. The fourth-order valence-electron chi connectivity index (χ4n) is 1.32. The van der Waals surface area contributed by atoms with Crippen LogP contribution in [-0.4, -0.2) is 15.5 Å². The molecule has 0 spiro atoms. The molecule has 0 amide bonds. The zero-order valence-corrected chi connectivity index (χ0v) is 12.6. The van der Waals surface area contributed by atoms with E-state index in [-0.39, 0.29) is 4.21 Å². The van der Waals surface area contributed by atoms with Crippen molar-refractivity contribution in [2.24, 2.45) is 0 Å². The molecule has 4 nitrogen and oxygen atoms in total. The molecule has 1 aromatic carbocycles. The van der Waals surface area contributed by atoms with Crippen molar-refractivity contribution in [3.05, 3.63) is 40.2 Å². The summed E-state index contributed by atoms with van der Waals surface area (Å²) in [6.45, 7) is 0. The van der Waals surface area contributed by atoms with Crippen LogP contribution < -0.4 is 9.46 Å². The number of rotatable bonds is 4. The molecule has 0 radical (unpaired) electrons. The Balaban J connectivity index is 2.35. The average molecular weight is 348 g/mol. The number of methoxy groups -OCH3 is 1. The molecule has 2 aromatic rings. The first-order valence-corrected chi connectivity index (χ1v) is 8.08. The highest BCUT2D eigenvalue weighted by Gasteiger charge is 2.16. The quantitative estimate of drug-likeness (QED) is 0.922. The highest BCUT2D eigenvalue weighted by Crippen LogP contribution is 2.29. The topological polar surface area (TPSA) is 55.4 Å². The lowest BCUT2D eigenvalue weighted by Crippen LogP contribution is -2.11. The van der Waals surface area contributed by atoms with Gasteiger partial charge in [0.1, 0.15) is 9.96 Å². The molecule has 0 aliphatic rings. The molecule has 0 atom stereocenters. The van der Waals surface area contributed by atoms with Gasteiger partial charge in [-0.05, 0) is 39.5 Å². The van der Waals surface area contributed by atoms with Crippen LogP contribution in [0.3, 0.4) is 0 Å². The van der Waals surface area contributed by atoms with Crippen molar-refractivity contribution in [1.82, 2.24) is 0 Å². The molecule has 2 rings (SSSR count). The number of sulfonamides is 1. The monoisotopic (exact) mass is 347 g/mol. The van der Waals surface area contributed by atoms with Crippen LogP contribution in [0, 0.1) is 0 Å². The first kappa shape index (κ1) is 13.4. The Bertz CT molecular complexity index is 638. The predicted octanol–water partition coefficient (Wildman–Crippen LogP) is 3.32. The summed E-state index contributed by atoms with van der Waals surface area (Å²) in [4.78, 5) is 0. The summed E-state index contributed by atoms with van der Waals surface area (Å²) in [5, 5.41) is 1.72. The van der Waals surface area contributed by atoms with Crippen molar-refractivity contribution in [3.63, 3.8) is 0 Å². The first-order valence-electron chi connectivity index (χ1n) is 4.93. The van der Waals surface area contributed by atoms with Crippen molar-refractivity contribution in [2.75, 3.05) is 11.8 Å². The van der Waals surface area contributed by atoms with E-state index in [2.05, 4.69) is 20.7 Å². The van der Waals surface area contributed by atoms with Crippen molar-refractivity contribution in [1.29, 1.82) is 0 Å². The van der Waals surface area contributed by atoms with Gasteiger partial charge in [0.15, 0.2) is 0 Å². The Morgan fingerprint density at radius 3 is 2.72 bits per heavy atom. The van der Waals surface area contributed by atoms with Gasteiger partial charge in [-0.15, -0.1) is 11.3 Å². The summed E-state index contributed by atoms with van der Waals surface area (Å²) in [7, 11) is -2.01. The number of nitrogens with one attached hydrogen (secondary N) is 1. The summed E-state index contributed by atoms with van der Waals surface area (Å²) < 4.78 is 32.6. The van der Waals surface area contributed by atoms with E-state index in [1.165, 1.54) is 18.4 Å². The van der Waals surface area contributed by atoms with Gasteiger partial charge in [0.2, 0.25) is 0 Å². The summed E-state index contributed by atoms with van der Waals surface area (Å²) >= 11 is 4.46. The van der Waals surface area contributed by atoms with Gasteiger partial charge in [-0.25, -0.2) is 8.42 Å². The predicted molar refractivity (Wildman–Crippen MR) is 75.8 cm³/mol. The minimum Gasteiger partial charge on any atom is -0.497 e. The second-order valence-corrected chi connectivity index (χ2v) is 7.09. The van der Waals surface area contributed by atoms with Gasteiger partial charge in [0.25, 0.3) is 10.0 Å². The van der Waals surface area contributed by atoms with Crippen LogP contribution in [0.2, 0.25) is 0 Å². The number of anilines is 1. The molecule has 1 aromatic heterocycles. The standard InChI is InChI=1S/C11H10BrNO3S2/c1-16-8-4-5-9(12)10(7-8)13-18(14,15)11-3-2-6-17-11/h2-7,13H,1H3. The Hall–Kier alpha value is -1.05. The summed E-state index contributed by atoms with van der Waals surface area (Å²) in [6, 6.07) is 8.34. The second-order valence-electron chi connectivity index (χ2n) is 3.38. The Morgan fingerprint density at radius 1 is 1.33 bits per heavy atom. The van der Waals surface area contributed by atoms with Gasteiger partial charge in [0.05, 0.1) is 12.8 Å². The molecule has 96 valence electrons. The van der Waals surface area contributed by atoms with Crippen LogP contribution in [0.5, 0.6) is 5.75 Å². The maximum Gasteiger partial charge on any atom is 0.271 e. The number of halogens is 1. The van der Waals surface area contributed by atoms with Gasteiger partial charge in [-0.2, -0.15) is 0 Å². The van der Waals surface area contributed by atoms with Crippen LogP contribution >= 0.6 is 27.3 Å². The molecular weight excluding hydrogens is 338 g/mol. The molecule has 0 aliphatic carbocycles.